The van der Waals surface area contributed by atoms with E-state index in [1.807, 2.05) is 30.3 Å². The molecule has 6 heteroatoms. The molecule has 0 fully saturated rings. The Balaban J connectivity index is 2.04. The van der Waals surface area contributed by atoms with Crippen LogP contribution in [0.4, 0.5) is 0 Å². The minimum atomic E-state index is -1.20. The highest BCUT2D eigenvalue weighted by Crippen LogP contribution is 2.32. The van der Waals surface area contributed by atoms with E-state index in [1.54, 1.807) is 61.5 Å². The van der Waals surface area contributed by atoms with Crippen LogP contribution >= 0.6 is 23.2 Å². The molecule has 158 valence electrons. The van der Waals surface area contributed by atoms with Crippen molar-refractivity contribution >= 4 is 41.2 Å². The summed E-state index contributed by atoms with van der Waals surface area (Å²) in [5, 5.41) is 11.1. The van der Waals surface area contributed by atoms with Crippen molar-refractivity contribution in [3.05, 3.63) is 112 Å². The van der Waals surface area contributed by atoms with Gasteiger partial charge in [-0.15, -0.1) is 0 Å². The number of hydrogen-bond acceptors (Lipinski definition) is 2. The molecule has 0 heterocycles. The molecule has 0 aliphatic rings. The van der Waals surface area contributed by atoms with Crippen LogP contribution < -0.4 is 0 Å². The second-order valence-corrected chi connectivity index (χ2v) is 7.88. The third-order valence-corrected chi connectivity index (χ3v) is 5.44. The van der Waals surface area contributed by atoms with Crippen molar-refractivity contribution in [2.75, 3.05) is 0 Å². The maximum absolute atomic E-state index is 13.3. The van der Waals surface area contributed by atoms with E-state index in [4.69, 9.17) is 23.2 Å². The fourth-order valence-electron chi connectivity index (χ4n) is 3.33. The molecule has 1 N–H and O–H groups in total. The minimum absolute atomic E-state index is 0.423. The van der Waals surface area contributed by atoms with Crippen LogP contribution in [-0.2, 0) is 9.59 Å². The zero-order valence-electron chi connectivity index (χ0n) is 16.8. The average Bonchev–Trinajstić information content (AvgIpc) is 2.77. The summed E-state index contributed by atoms with van der Waals surface area (Å²) in [6.45, 7) is 1.79. The van der Waals surface area contributed by atoms with Crippen LogP contribution in [0.5, 0.6) is 0 Å². The van der Waals surface area contributed by atoms with Gasteiger partial charge < -0.3 is 10.0 Å². The SMILES string of the molecule is CC(c1ccc(Cl)cc1)N(C(=O)/C=C/c1ccccc1)[C@H](C(=O)O)c1ccc(Cl)cc1. The first-order valence-electron chi connectivity index (χ1n) is 9.66. The highest BCUT2D eigenvalue weighted by Gasteiger charge is 2.34. The van der Waals surface area contributed by atoms with Gasteiger partial charge in [0, 0.05) is 16.1 Å². The number of carbonyl (C=O) groups is 2. The zero-order valence-corrected chi connectivity index (χ0v) is 18.3. The van der Waals surface area contributed by atoms with E-state index in [9.17, 15) is 14.7 Å². The summed E-state index contributed by atoms with van der Waals surface area (Å²) in [6.07, 6.45) is 3.07. The Morgan fingerprint density at radius 2 is 1.35 bits per heavy atom. The molecule has 1 amide bonds. The number of nitrogens with zero attached hydrogens (tertiary/aromatic N) is 1. The van der Waals surface area contributed by atoms with Gasteiger partial charge in [0.2, 0.25) is 5.91 Å². The number of rotatable bonds is 7. The molecule has 2 atom stereocenters. The van der Waals surface area contributed by atoms with Crippen LogP contribution in [0.15, 0.2) is 84.9 Å². The second-order valence-electron chi connectivity index (χ2n) is 7.01. The summed E-state index contributed by atoms with van der Waals surface area (Å²) < 4.78 is 0. The number of benzene rings is 3. The summed E-state index contributed by atoms with van der Waals surface area (Å²) >= 11 is 12.0. The molecule has 0 aliphatic carbocycles. The molecular formula is C25H21Cl2NO3. The van der Waals surface area contributed by atoms with E-state index >= 15 is 0 Å². The fraction of sp³-hybridized carbons (Fsp3) is 0.120. The Labute approximate surface area is 191 Å². The Bertz CT molecular complexity index is 1060. The van der Waals surface area contributed by atoms with E-state index in [2.05, 4.69) is 0 Å². The minimum Gasteiger partial charge on any atom is -0.479 e. The Morgan fingerprint density at radius 1 is 0.839 bits per heavy atom. The van der Waals surface area contributed by atoms with Gasteiger partial charge in [0.05, 0.1) is 6.04 Å². The van der Waals surface area contributed by atoms with Gasteiger partial charge in [0.1, 0.15) is 0 Å². The third-order valence-electron chi connectivity index (χ3n) is 4.94. The van der Waals surface area contributed by atoms with Crippen molar-refractivity contribution in [1.29, 1.82) is 0 Å². The lowest BCUT2D eigenvalue weighted by Crippen LogP contribution is -2.40. The van der Waals surface area contributed by atoms with Crippen molar-refractivity contribution in [2.45, 2.75) is 19.0 Å². The quantitative estimate of drug-likeness (QED) is 0.419. The van der Waals surface area contributed by atoms with Crippen LogP contribution in [0, 0.1) is 0 Å². The zero-order chi connectivity index (χ0) is 22.4. The normalized spacial score (nSPS) is 13.0. The van der Waals surface area contributed by atoms with E-state index in [-0.39, 0.29) is 0 Å². The molecule has 3 aromatic carbocycles. The monoisotopic (exact) mass is 453 g/mol. The summed E-state index contributed by atoms with van der Waals surface area (Å²) in [7, 11) is 0. The number of halogens is 2. The van der Waals surface area contributed by atoms with Gasteiger partial charge >= 0.3 is 5.97 Å². The van der Waals surface area contributed by atoms with E-state index in [0.29, 0.717) is 15.6 Å². The average molecular weight is 454 g/mol. The summed E-state index contributed by atoms with van der Waals surface area (Å²) in [5.41, 5.74) is 2.07. The maximum Gasteiger partial charge on any atom is 0.331 e. The molecule has 0 bridgehead atoms. The number of amides is 1. The smallest absolute Gasteiger partial charge is 0.331 e. The molecule has 3 aromatic rings. The number of hydrogen-bond donors (Lipinski definition) is 1. The van der Waals surface area contributed by atoms with Crippen molar-refractivity contribution in [1.82, 2.24) is 4.90 Å². The summed E-state index contributed by atoms with van der Waals surface area (Å²) in [6, 6.07) is 21.1. The van der Waals surface area contributed by atoms with Crippen LogP contribution in [0.2, 0.25) is 10.0 Å². The van der Waals surface area contributed by atoms with Gasteiger partial charge in [-0.25, -0.2) is 4.79 Å². The number of carboxylic acid groups (broad SMARTS) is 1. The Kier molecular flexibility index (Phi) is 7.50. The first-order chi connectivity index (χ1) is 14.9. The van der Waals surface area contributed by atoms with Crippen LogP contribution in [0.3, 0.4) is 0 Å². The summed E-state index contributed by atoms with van der Waals surface area (Å²) in [4.78, 5) is 27.0. The number of aliphatic carboxylic acids is 1. The van der Waals surface area contributed by atoms with Crippen molar-refractivity contribution in [3.8, 4) is 0 Å². The largest absolute Gasteiger partial charge is 0.479 e. The lowest BCUT2D eigenvalue weighted by molar-refractivity contribution is -0.150. The Morgan fingerprint density at radius 3 is 1.87 bits per heavy atom. The first kappa shape index (κ1) is 22.6. The van der Waals surface area contributed by atoms with Gasteiger partial charge in [-0.05, 0) is 54.0 Å². The number of carboxylic acids is 1. The van der Waals surface area contributed by atoms with Crippen molar-refractivity contribution in [2.24, 2.45) is 0 Å². The molecule has 0 saturated heterocycles. The van der Waals surface area contributed by atoms with Crippen LogP contribution in [-0.4, -0.2) is 21.9 Å². The van der Waals surface area contributed by atoms with Crippen LogP contribution in [0.1, 0.15) is 35.7 Å². The summed E-state index contributed by atoms with van der Waals surface area (Å²) in [5.74, 6) is -1.56. The van der Waals surface area contributed by atoms with E-state index < -0.39 is 24.0 Å². The lowest BCUT2D eigenvalue weighted by atomic mass is 9.99. The predicted octanol–water partition coefficient (Wildman–Crippen LogP) is 6.42. The highest BCUT2D eigenvalue weighted by atomic mass is 35.5. The standard InChI is InChI=1S/C25H21Cl2NO3/c1-17(19-8-12-21(26)13-9-19)28(23(29)16-7-18-5-3-2-4-6-18)24(25(30)31)20-10-14-22(27)15-11-20/h2-17,24H,1H3,(H,30,31)/b16-7+/t17?,24-/m0/s1. The topological polar surface area (TPSA) is 57.6 Å². The molecule has 4 nitrogen and oxygen atoms in total. The van der Waals surface area contributed by atoms with Gasteiger partial charge in [-0.3, -0.25) is 4.79 Å². The molecule has 0 aliphatic heterocycles. The van der Waals surface area contributed by atoms with Crippen molar-refractivity contribution < 1.29 is 14.7 Å². The van der Waals surface area contributed by atoms with E-state index in [1.165, 1.54) is 11.0 Å². The van der Waals surface area contributed by atoms with Crippen molar-refractivity contribution in [3.63, 3.8) is 0 Å². The molecule has 1 unspecified atom stereocenters. The fourth-order valence-corrected chi connectivity index (χ4v) is 3.58. The van der Waals surface area contributed by atoms with Crippen LogP contribution in [0.25, 0.3) is 6.08 Å². The second kappa shape index (κ2) is 10.3. The maximum atomic E-state index is 13.3. The lowest BCUT2D eigenvalue weighted by Gasteiger charge is -2.34. The molecule has 31 heavy (non-hydrogen) atoms. The predicted molar refractivity (Wildman–Crippen MR) is 124 cm³/mol. The molecule has 3 rings (SSSR count). The van der Waals surface area contributed by atoms with Gasteiger partial charge in [-0.1, -0.05) is 77.8 Å². The van der Waals surface area contributed by atoms with Gasteiger partial charge in [0.15, 0.2) is 6.04 Å². The Hall–Kier alpha value is -3.08. The molecule has 0 saturated carbocycles. The van der Waals surface area contributed by atoms with Gasteiger partial charge in [0.25, 0.3) is 0 Å². The first-order valence-corrected chi connectivity index (χ1v) is 10.4. The molecule has 0 radical (unpaired) electrons. The third kappa shape index (κ3) is 5.75. The number of carbonyl (C=O) groups excluding carboxylic acids is 1. The molecule has 0 spiro atoms. The highest BCUT2D eigenvalue weighted by molar-refractivity contribution is 6.30. The molecule has 0 aromatic heterocycles. The van der Waals surface area contributed by atoms with E-state index in [0.717, 1.165) is 11.1 Å². The molecular weight excluding hydrogens is 433 g/mol. The van der Waals surface area contributed by atoms with Gasteiger partial charge in [-0.2, -0.15) is 0 Å².